The molecule has 0 fully saturated rings. The topological polar surface area (TPSA) is 26.0 Å². The third-order valence-corrected chi connectivity index (χ3v) is 3.40. The van der Waals surface area contributed by atoms with Gasteiger partial charge in [-0.25, -0.2) is 4.39 Å². The van der Waals surface area contributed by atoms with E-state index >= 15 is 0 Å². The molecule has 0 aromatic heterocycles. The van der Waals surface area contributed by atoms with Crippen LogP contribution in [0, 0.1) is 5.82 Å². The molecule has 2 rings (SSSR count). The second kappa shape index (κ2) is 5.70. The first kappa shape index (κ1) is 13.3. The lowest BCUT2D eigenvalue weighted by Gasteiger charge is -2.15. The Hall–Kier alpha value is -1.09. The molecule has 0 aliphatic carbocycles. The van der Waals surface area contributed by atoms with Crippen molar-refractivity contribution in [3.8, 4) is 0 Å². The van der Waals surface area contributed by atoms with Gasteiger partial charge < -0.3 is 5.73 Å². The van der Waals surface area contributed by atoms with Crippen molar-refractivity contribution in [3.05, 3.63) is 69.5 Å². The predicted octanol–water partition coefficient (Wildman–Crippen LogP) is 4.38. The van der Waals surface area contributed by atoms with Crippen LogP contribution in [0.1, 0.15) is 17.2 Å². The lowest BCUT2D eigenvalue weighted by molar-refractivity contribution is 0.625. The van der Waals surface area contributed by atoms with E-state index in [1.54, 1.807) is 30.3 Å². The van der Waals surface area contributed by atoms with Crippen molar-refractivity contribution in [1.82, 2.24) is 0 Å². The Bertz CT molecular complexity index is 520. The smallest absolute Gasteiger partial charge is 0.123 e. The highest BCUT2D eigenvalue weighted by Crippen LogP contribution is 2.30. The van der Waals surface area contributed by atoms with E-state index in [0.717, 1.165) is 11.1 Å². The quantitative estimate of drug-likeness (QED) is 0.889. The summed E-state index contributed by atoms with van der Waals surface area (Å²) in [5, 5.41) is 1.11. The van der Waals surface area contributed by atoms with Gasteiger partial charge in [0.15, 0.2) is 0 Å². The van der Waals surface area contributed by atoms with Crippen molar-refractivity contribution in [2.75, 3.05) is 0 Å². The van der Waals surface area contributed by atoms with Crippen LogP contribution in [0.2, 0.25) is 10.0 Å². The van der Waals surface area contributed by atoms with E-state index in [9.17, 15) is 4.39 Å². The van der Waals surface area contributed by atoms with Crippen LogP contribution in [0.5, 0.6) is 0 Å². The average molecular weight is 284 g/mol. The van der Waals surface area contributed by atoms with E-state index in [4.69, 9.17) is 28.9 Å². The number of hydrogen-bond donors (Lipinski definition) is 1. The third kappa shape index (κ3) is 3.02. The van der Waals surface area contributed by atoms with Gasteiger partial charge in [-0.1, -0.05) is 41.4 Å². The highest BCUT2D eigenvalue weighted by molar-refractivity contribution is 6.36. The first-order chi connectivity index (χ1) is 8.58. The van der Waals surface area contributed by atoms with Crippen molar-refractivity contribution in [2.45, 2.75) is 12.5 Å². The summed E-state index contributed by atoms with van der Waals surface area (Å²) in [6.07, 6.45) is 0.559. The van der Waals surface area contributed by atoms with E-state index in [-0.39, 0.29) is 11.9 Å². The minimum absolute atomic E-state index is 0.261. The van der Waals surface area contributed by atoms with Gasteiger partial charge in [0.1, 0.15) is 5.82 Å². The lowest BCUT2D eigenvalue weighted by Crippen LogP contribution is -2.14. The maximum absolute atomic E-state index is 12.8. The SMILES string of the molecule is NC(Cc1ccc(F)cc1)c1c(Cl)cccc1Cl. The van der Waals surface area contributed by atoms with E-state index in [0.29, 0.717) is 16.5 Å². The van der Waals surface area contributed by atoms with Gasteiger partial charge in [-0.05, 0) is 36.2 Å². The first-order valence-electron chi connectivity index (χ1n) is 5.52. The fourth-order valence-electron chi connectivity index (χ4n) is 1.84. The fourth-order valence-corrected chi connectivity index (χ4v) is 2.52. The Kier molecular flexibility index (Phi) is 4.23. The van der Waals surface area contributed by atoms with Crippen molar-refractivity contribution in [3.63, 3.8) is 0 Å². The van der Waals surface area contributed by atoms with Crippen LogP contribution >= 0.6 is 23.2 Å². The summed E-state index contributed by atoms with van der Waals surface area (Å²) < 4.78 is 12.8. The van der Waals surface area contributed by atoms with Gasteiger partial charge in [-0.2, -0.15) is 0 Å². The number of benzene rings is 2. The Morgan fingerprint density at radius 3 is 2.11 bits per heavy atom. The van der Waals surface area contributed by atoms with Crippen LogP contribution in [-0.2, 0) is 6.42 Å². The van der Waals surface area contributed by atoms with Crippen LogP contribution in [0.15, 0.2) is 42.5 Å². The van der Waals surface area contributed by atoms with E-state index in [2.05, 4.69) is 0 Å². The molecule has 94 valence electrons. The molecular formula is C14H12Cl2FN. The standard InChI is InChI=1S/C14H12Cl2FN/c15-11-2-1-3-12(16)14(11)13(18)8-9-4-6-10(17)7-5-9/h1-7,13H,8,18H2. The summed E-state index contributed by atoms with van der Waals surface area (Å²) in [5.74, 6) is -0.261. The van der Waals surface area contributed by atoms with Crippen LogP contribution in [0.4, 0.5) is 4.39 Å². The zero-order chi connectivity index (χ0) is 13.1. The zero-order valence-corrected chi connectivity index (χ0v) is 11.0. The fraction of sp³-hybridized carbons (Fsp3) is 0.143. The Balaban J connectivity index is 2.22. The molecule has 2 aromatic rings. The van der Waals surface area contributed by atoms with Crippen molar-refractivity contribution < 1.29 is 4.39 Å². The molecule has 0 saturated heterocycles. The zero-order valence-electron chi connectivity index (χ0n) is 9.54. The Morgan fingerprint density at radius 1 is 1.00 bits per heavy atom. The molecule has 0 saturated carbocycles. The Labute approximate surface area is 115 Å². The molecule has 18 heavy (non-hydrogen) atoms. The van der Waals surface area contributed by atoms with Crippen LogP contribution in [0.3, 0.4) is 0 Å². The van der Waals surface area contributed by atoms with E-state index in [1.165, 1.54) is 12.1 Å². The van der Waals surface area contributed by atoms with Gasteiger partial charge in [0.2, 0.25) is 0 Å². The van der Waals surface area contributed by atoms with Gasteiger partial charge in [0.05, 0.1) is 0 Å². The second-order valence-electron chi connectivity index (χ2n) is 4.07. The van der Waals surface area contributed by atoms with Gasteiger partial charge >= 0.3 is 0 Å². The predicted molar refractivity (Wildman–Crippen MR) is 73.5 cm³/mol. The van der Waals surface area contributed by atoms with Crippen molar-refractivity contribution in [2.24, 2.45) is 5.73 Å². The highest BCUT2D eigenvalue weighted by Gasteiger charge is 2.14. The molecule has 0 spiro atoms. The van der Waals surface area contributed by atoms with Crippen LogP contribution in [0.25, 0.3) is 0 Å². The van der Waals surface area contributed by atoms with Gasteiger partial charge in [0.25, 0.3) is 0 Å². The molecule has 0 heterocycles. The normalized spacial score (nSPS) is 12.4. The minimum Gasteiger partial charge on any atom is -0.324 e. The largest absolute Gasteiger partial charge is 0.324 e. The minimum atomic E-state index is -0.309. The molecule has 0 radical (unpaired) electrons. The molecule has 2 aromatic carbocycles. The molecule has 0 bridgehead atoms. The third-order valence-electron chi connectivity index (χ3n) is 2.74. The summed E-state index contributed by atoms with van der Waals surface area (Å²) in [7, 11) is 0. The molecule has 1 unspecified atom stereocenters. The molecule has 0 aliphatic heterocycles. The molecule has 0 amide bonds. The molecule has 2 N–H and O–H groups in total. The maximum atomic E-state index is 12.8. The summed E-state index contributed by atoms with van der Waals surface area (Å²) in [6.45, 7) is 0. The lowest BCUT2D eigenvalue weighted by atomic mass is 9.99. The average Bonchev–Trinajstić information content (AvgIpc) is 2.32. The molecule has 0 aliphatic rings. The van der Waals surface area contributed by atoms with Gasteiger partial charge in [0, 0.05) is 21.7 Å². The molecule has 1 nitrogen and oxygen atoms in total. The monoisotopic (exact) mass is 283 g/mol. The van der Waals surface area contributed by atoms with Gasteiger partial charge in [-0.15, -0.1) is 0 Å². The number of halogens is 3. The van der Waals surface area contributed by atoms with Crippen molar-refractivity contribution in [1.29, 1.82) is 0 Å². The maximum Gasteiger partial charge on any atom is 0.123 e. The second-order valence-corrected chi connectivity index (χ2v) is 4.89. The highest BCUT2D eigenvalue weighted by atomic mass is 35.5. The summed E-state index contributed by atoms with van der Waals surface area (Å²) >= 11 is 12.2. The van der Waals surface area contributed by atoms with E-state index < -0.39 is 0 Å². The number of nitrogens with two attached hydrogens (primary N) is 1. The van der Waals surface area contributed by atoms with Crippen LogP contribution in [-0.4, -0.2) is 0 Å². The van der Waals surface area contributed by atoms with Crippen molar-refractivity contribution >= 4 is 23.2 Å². The number of rotatable bonds is 3. The molecular weight excluding hydrogens is 272 g/mol. The van der Waals surface area contributed by atoms with Crippen LogP contribution < -0.4 is 5.73 Å². The summed E-state index contributed by atoms with van der Waals surface area (Å²) in [6, 6.07) is 11.2. The first-order valence-corrected chi connectivity index (χ1v) is 6.27. The van der Waals surface area contributed by atoms with Gasteiger partial charge in [-0.3, -0.25) is 0 Å². The van der Waals surface area contributed by atoms with E-state index in [1.807, 2.05) is 0 Å². The Morgan fingerprint density at radius 2 is 1.56 bits per heavy atom. The summed E-state index contributed by atoms with van der Waals surface area (Å²) in [5.41, 5.74) is 7.78. The molecule has 1 atom stereocenters. The number of hydrogen-bond acceptors (Lipinski definition) is 1. The summed E-state index contributed by atoms with van der Waals surface area (Å²) in [4.78, 5) is 0. The molecule has 4 heteroatoms.